The van der Waals surface area contributed by atoms with Crippen molar-refractivity contribution in [1.29, 1.82) is 0 Å². The van der Waals surface area contributed by atoms with E-state index in [-0.39, 0.29) is 41.5 Å². The normalized spacial score (nSPS) is 17.2. The van der Waals surface area contributed by atoms with E-state index in [1.807, 2.05) is 6.92 Å². The number of halogens is 1. The second-order valence-electron chi connectivity index (χ2n) is 6.31. The molecule has 1 aliphatic heterocycles. The fraction of sp³-hybridized carbons (Fsp3) is 0.263. The highest BCUT2D eigenvalue weighted by molar-refractivity contribution is 7.90. The van der Waals surface area contributed by atoms with Crippen LogP contribution in [0.15, 0.2) is 58.4 Å². The van der Waals surface area contributed by atoms with Gasteiger partial charge in [0.05, 0.1) is 17.5 Å². The third-order valence-corrected chi connectivity index (χ3v) is 5.98. The van der Waals surface area contributed by atoms with Gasteiger partial charge in [-0.25, -0.2) is 12.8 Å². The number of rotatable bonds is 5. The van der Waals surface area contributed by atoms with E-state index in [9.17, 15) is 17.6 Å². The maximum absolute atomic E-state index is 13.0. The number of carbonyl (C=O) groups excluding carboxylic acids is 1. The van der Waals surface area contributed by atoms with Gasteiger partial charge in [0, 0.05) is 19.0 Å². The first-order valence-corrected chi connectivity index (χ1v) is 9.96. The molecule has 142 valence electrons. The van der Waals surface area contributed by atoms with Crippen LogP contribution in [0.25, 0.3) is 0 Å². The lowest BCUT2D eigenvalue weighted by molar-refractivity contribution is -0.131. The summed E-state index contributed by atoms with van der Waals surface area (Å²) >= 11 is 0. The van der Waals surface area contributed by atoms with E-state index in [0.29, 0.717) is 5.56 Å². The van der Waals surface area contributed by atoms with Crippen LogP contribution in [-0.2, 0) is 14.8 Å². The molecule has 0 aromatic heterocycles. The van der Waals surface area contributed by atoms with Crippen molar-refractivity contribution in [2.24, 2.45) is 4.99 Å². The molecule has 1 heterocycles. The first kappa shape index (κ1) is 19.0. The van der Waals surface area contributed by atoms with Gasteiger partial charge >= 0.3 is 0 Å². The SMILES string of the molecule is CC(c1ccc(F)cc1)N(C)C(=O)CCN=C1NS(=O)(=O)c2ccccc21. The Morgan fingerprint density at radius 3 is 2.56 bits per heavy atom. The molecule has 6 nitrogen and oxygen atoms in total. The number of nitrogens with one attached hydrogen (secondary N) is 1. The Morgan fingerprint density at radius 2 is 1.85 bits per heavy atom. The first-order valence-electron chi connectivity index (χ1n) is 8.47. The molecule has 0 saturated heterocycles. The molecule has 0 spiro atoms. The maximum Gasteiger partial charge on any atom is 0.263 e. The average molecular weight is 389 g/mol. The largest absolute Gasteiger partial charge is 0.339 e. The van der Waals surface area contributed by atoms with Crippen LogP contribution >= 0.6 is 0 Å². The van der Waals surface area contributed by atoms with Crippen molar-refractivity contribution in [1.82, 2.24) is 9.62 Å². The highest BCUT2D eigenvalue weighted by atomic mass is 32.2. The zero-order valence-electron chi connectivity index (χ0n) is 15.0. The molecule has 1 N–H and O–H groups in total. The van der Waals surface area contributed by atoms with Gasteiger partial charge in [-0.05, 0) is 36.8 Å². The highest BCUT2D eigenvalue weighted by Crippen LogP contribution is 2.22. The van der Waals surface area contributed by atoms with Gasteiger partial charge in [0.25, 0.3) is 10.0 Å². The van der Waals surface area contributed by atoms with Gasteiger partial charge in [-0.15, -0.1) is 0 Å². The van der Waals surface area contributed by atoms with E-state index in [1.165, 1.54) is 18.2 Å². The van der Waals surface area contributed by atoms with Gasteiger partial charge in [-0.2, -0.15) is 0 Å². The zero-order chi connectivity index (χ0) is 19.6. The fourth-order valence-electron chi connectivity index (χ4n) is 2.87. The van der Waals surface area contributed by atoms with Crippen LogP contribution < -0.4 is 4.72 Å². The molecule has 0 radical (unpaired) electrons. The number of sulfonamides is 1. The minimum Gasteiger partial charge on any atom is -0.339 e. The molecular formula is C19H20FN3O3S. The Bertz CT molecular complexity index is 988. The summed E-state index contributed by atoms with van der Waals surface area (Å²) in [4.78, 5) is 18.4. The van der Waals surface area contributed by atoms with Gasteiger partial charge < -0.3 is 4.90 Å². The molecule has 1 atom stereocenters. The Labute approximate surface area is 157 Å². The Hall–Kier alpha value is -2.74. The van der Waals surface area contributed by atoms with E-state index in [2.05, 4.69) is 9.71 Å². The number of hydrogen-bond acceptors (Lipinski definition) is 4. The third kappa shape index (κ3) is 4.00. The molecule has 0 saturated carbocycles. The molecule has 1 amide bonds. The van der Waals surface area contributed by atoms with Crippen molar-refractivity contribution in [2.75, 3.05) is 13.6 Å². The summed E-state index contributed by atoms with van der Waals surface area (Å²) in [5.41, 5.74) is 1.34. The number of hydrogen-bond donors (Lipinski definition) is 1. The van der Waals surface area contributed by atoms with Crippen LogP contribution in [0.2, 0.25) is 0 Å². The van der Waals surface area contributed by atoms with Crippen LogP contribution in [0.4, 0.5) is 4.39 Å². The van der Waals surface area contributed by atoms with Crippen molar-refractivity contribution in [3.05, 3.63) is 65.5 Å². The molecule has 1 unspecified atom stereocenters. The summed E-state index contributed by atoms with van der Waals surface area (Å²) in [7, 11) is -1.90. The van der Waals surface area contributed by atoms with Crippen molar-refractivity contribution >= 4 is 21.8 Å². The number of fused-ring (bicyclic) bond motifs is 1. The molecule has 0 bridgehead atoms. The molecule has 27 heavy (non-hydrogen) atoms. The molecule has 8 heteroatoms. The number of carbonyl (C=O) groups is 1. The molecular weight excluding hydrogens is 369 g/mol. The van der Waals surface area contributed by atoms with Crippen LogP contribution in [-0.4, -0.2) is 38.7 Å². The van der Waals surface area contributed by atoms with E-state index >= 15 is 0 Å². The summed E-state index contributed by atoms with van der Waals surface area (Å²) in [5.74, 6) is -0.201. The molecule has 2 aromatic rings. The Balaban J connectivity index is 1.64. The third-order valence-electron chi connectivity index (χ3n) is 4.59. The lowest BCUT2D eigenvalue weighted by atomic mass is 10.1. The standard InChI is InChI=1S/C19H20FN3O3S/c1-13(14-7-9-15(20)10-8-14)23(2)18(24)11-12-21-19-16-5-3-4-6-17(16)27(25,26)22-19/h3-10,13H,11-12H2,1-2H3,(H,21,22). The number of amidine groups is 1. The van der Waals surface area contributed by atoms with E-state index < -0.39 is 10.0 Å². The van der Waals surface area contributed by atoms with Gasteiger partial charge in [0.15, 0.2) is 0 Å². The summed E-state index contributed by atoms with van der Waals surface area (Å²) in [5, 5.41) is 0. The predicted octanol–water partition coefficient (Wildman–Crippen LogP) is 2.47. The first-order chi connectivity index (χ1) is 12.8. The zero-order valence-corrected chi connectivity index (χ0v) is 15.8. The van der Waals surface area contributed by atoms with Gasteiger partial charge in [-0.3, -0.25) is 14.5 Å². The van der Waals surface area contributed by atoms with Gasteiger partial charge in [0.1, 0.15) is 11.7 Å². The highest BCUT2D eigenvalue weighted by Gasteiger charge is 2.30. The predicted molar refractivity (Wildman–Crippen MR) is 100 cm³/mol. The summed E-state index contributed by atoms with van der Waals surface area (Å²) in [6.45, 7) is 2.02. The number of nitrogens with zero attached hydrogens (tertiary/aromatic N) is 2. The van der Waals surface area contributed by atoms with Gasteiger partial charge in [0.2, 0.25) is 5.91 Å². The molecule has 3 rings (SSSR count). The molecule has 1 aliphatic rings. The van der Waals surface area contributed by atoms with Crippen molar-refractivity contribution in [3.8, 4) is 0 Å². The van der Waals surface area contributed by atoms with E-state index in [1.54, 1.807) is 42.3 Å². The second-order valence-corrected chi connectivity index (χ2v) is 7.96. The minimum atomic E-state index is -3.58. The van der Waals surface area contributed by atoms with Crippen molar-refractivity contribution < 1.29 is 17.6 Å². The molecule has 0 aliphatic carbocycles. The van der Waals surface area contributed by atoms with E-state index in [0.717, 1.165) is 5.56 Å². The Morgan fingerprint density at radius 1 is 1.19 bits per heavy atom. The second kappa shape index (κ2) is 7.48. The van der Waals surface area contributed by atoms with Crippen LogP contribution in [0.5, 0.6) is 0 Å². The summed E-state index contributed by atoms with van der Waals surface area (Å²) < 4.78 is 39.5. The van der Waals surface area contributed by atoms with Crippen molar-refractivity contribution in [2.45, 2.75) is 24.3 Å². The van der Waals surface area contributed by atoms with Crippen LogP contribution in [0.1, 0.15) is 30.5 Å². The maximum atomic E-state index is 13.0. The quantitative estimate of drug-likeness (QED) is 0.853. The van der Waals surface area contributed by atoms with Gasteiger partial charge in [-0.1, -0.05) is 24.3 Å². The lowest BCUT2D eigenvalue weighted by Crippen LogP contribution is -2.30. The smallest absolute Gasteiger partial charge is 0.263 e. The lowest BCUT2D eigenvalue weighted by Gasteiger charge is -2.25. The fourth-order valence-corrected chi connectivity index (χ4v) is 4.12. The number of amides is 1. The Kier molecular flexibility index (Phi) is 5.27. The van der Waals surface area contributed by atoms with Crippen LogP contribution in [0, 0.1) is 5.82 Å². The molecule has 0 fully saturated rings. The average Bonchev–Trinajstić information content (AvgIpc) is 2.92. The summed E-state index contributed by atoms with van der Waals surface area (Å²) in [6, 6.07) is 12.4. The topological polar surface area (TPSA) is 78.8 Å². The molecule has 2 aromatic carbocycles. The summed E-state index contributed by atoms with van der Waals surface area (Å²) in [6.07, 6.45) is 0.134. The van der Waals surface area contributed by atoms with Crippen LogP contribution in [0.3, 0.4) is 0 Å². The number of benzene rings is 2. The van der Waals surface area contributed by atoms with E-state index in [4.69, 9.17) is 0 Å². The number of aliphatic imine (C=N–C) groups is 1. The monoisotopic (exact) mass is 389 g/mol. The minimum absolute atomic E-state index is 0.134. The van der Waals surface area contributed by atoms with Crippen molar-refractivity contribution in [3.63, 3.8) is 0 Å².